The number of rotatable bonds is 3. The predicted molar refractivity (Wildman–Crippen MR) is 145 cm³/mol. The van der Waals surface area contributed by atoms with Crippen molar-refractivity contribution in [3.63, 3.8) is 0 Å². The Morgan fingerprint density at radius 2 is 1.47 bits per heavy atom. The van der Waals surface area contributed by atoms with Crippen LogP contribution >= 0.6 is 15.9 Å². The third-order valence-electron chi connectivity index (χ3n) is 6.15. The smallest absolute Gasteiger partial charge is 0.160 e. The van der Waals surface area contributed by atoms with Gasteiger partial charge in [0.05, 0.1) is 11.4 Å². The van der Waals surface area contributed by atoms with Crippen LogP contribution in [0.4, 0.5) is 0 Å². The van der Waals surface area contributed by atoms with E-state index in [2.05, 4.69) is 83.5 Å². The number of halogens is 1. The normalized spacial score (nSPS) is 14.3. The number of allylic oxidation sites excluding steroid dienone is 1. The first-order valence-corrected chi connectivity index (χ1v) is 12.0. The summed E-state index contributed by atoms with van der Waals surface area (Å²) < 4.78 is 7.19. The predicted octanol–water partition coefficient (Wildman–Crippen LogP) is 8.42. The molecule has 4 aromatic carbocycles. The topological polar surface area (TPSA) is 37.9 Å². The second-order valence-electron chi connectivity index (χ2n) is 8.45. The van der Waals surface area contributed by atoms with Crippen molar-refractivity contribution in [3.8, 4) is 0 Å². The molecule has 34 heavy (non-hydrogen) atoms. The molecule has 0 fully saturated rings. The van der Waals surface area contributed by atoms with Gasteiger partial charge in [0.1, 0.15) is 11.2 Å². The SMILES string of the molecule is CC1=C(c2ccccc2)N=C(c2cccc3oc4ccc(Br)cc4c23)N=C(c2ccccc2)C1. The van der Waals surface area contributed by atoms with Crippen molar-refractivity contribution in [3.05, 3.63) is 124 Å². The van der Waals surface area contributed by atoms with E-state index in [1.165, 1.54) is 5.57 Å². The molecule has 0 atom stereocenters. The minimum absolute atomic E-state index is 0.697. The molecule has 2 heterocycles. The monoisotopic (exact) mass is 504 g/mol. The molecule has 0 amide bonds. The fourth-order valence-corrected chi connectivity index (χ4v) is 4.90. The molecule has 0 aliphatic carbocycles. The highest BCUT2D eigenvalue weighted by atomic mass is 79.9. The van der Waals surface area contributed by atoms with Gasteiger partial charge in [0.2, 0.25) is 0 Å². The van der Waals surface area contributed by atoms with Gasteiger partial charge in [0.25, 0.3) is 0 Å². The number of benzene rings is 4. The van der Waals surface area contributed by atoms with Crippen molar-refractivity contribution in [1.29, 1.82) is 0 Å². The summed E-state index contributed by atoms with van der Waals surface area (Å²) in [5, 5.41) is 2.08. The molecule has 1 aromatic heterocycles. The van der Waals surface area contributed by atoms with E-state index < -0.39 is 0 Å². The third kappa shape index (κ3) is 3.70. The first kappa shape index (κ1) is 20.8. The van der Waals surface area contributed by atoms with Crippen LogP contribution in [0.5, 0.6) is 0 Å². The Bertz CT molecular complexity index is 1630. The number of amidine groups is 1. The number of nitrogens with zero attached hydrogens (tertiary/aromatic N) is 2. The summed E-state index contributed by atoms with van der Waals surface area (Å²) in [6, 6.07) is 32.9. The zero-order chi connectivity index (χ0) is 23.1. The van der Waals surface area contributed by atoms with Gasteiger partial charge in [-0.2, -0.15) is 0 Å². The Labute approximate surface area is 206 Å². The van der Waals surface area contributed by atoms with E-state index in [1.54, 1.807) is 0 Å². The number of hydrogen-bond donors (Lipinski definition) is 0. The van der Waals surface area contributed by atoms with E-state index in [0.717, 1.165) is 60.9 Å². The van der Waals surface area contributed by atoms with E-state index in [9.17, 15) is 0 Å². The highest BCUT2D eigenvalue weighted by Crippen LogP contribution is 2.35. The molecule has 1 aliphatic rings. The first-order valence-electron chi connectivity index (χ1n) is 11.3. The zero-order valence-corrected chi connectivity index (χ0v) is 20.2. The minimum atomic E-state index is 0.697. The average molecular weight is 505 g/mol. The summed E-state index contributed by atoms with van der Waals surface area (Å²) in [5.74, 6) is 0.697. The molecule has 0 unspecified atom stereocenters. The molecule has 0 saturated carbocycles. The molecule has 0 spiro atoms. The van der Waals surface area contributed by atoms with Crippen LogP contribution in [0.15, 0.2) is 122 Å². The molecule has 0 N–H and O–H groups in total. The Morgan fingerprint density at radius 1 is 0.735 bits per heavy atom. The zero-order valence-electron chi connectivity index (χ0n) is 18.6. The van der Waals surface area contributed by atoms with E-state index in [4.69, 9.17) is 14.4 Å². The molecule has 164 valence electrons. The number of fused-ring (bicyclic) bond motifs is 3. The summed E-state index contributed by atoms with van der Waals surface area (Å²) in [4.78, 5) is 10.4. The molecule has 5 aromatic rings. The lowest BCUT2D eigenvalue weighted by Gasteiger charge is -2.07. The molecule has 3 nitrogen and oxygen atoms in total. The van der Waals surface area contributed by atoms with Gasteiger partial charge < -0.3 is 4.42 Å². The Hall–Kier alpha value is -3.76. The van der Waals surface area contributed by atoms with Gasteiger partial charge in [-0.25, -0.2) is 9.98 Å². The Balaban J connectivity index is 1.65. The van der Waals surface area contributed by atoms with Crippen LogP contribution < -0.4 is 0 Å². The van der Waals surface area contributed by atoms with Crippen LogP contribution in [0, 0.1) is 0 Å². The highest BCUT2D eigenvalue weighted by molar-refractivity contribution is 9.10. The van der Waals surface area contributed by atoms with Crippen molar-refractivity contribution < 1.29 is 4.42 Å². The highest BCUT2D eigenvalue weighted by Gasteiger charge is 2.20. The quantitative estimate of drug-likeness (QED) is 0.243. The van der Waals surface area contributed by atoms with E-state index >= 15 is 0 Å². The summed E-state index contributed by atoms with van der Waals surface area (Å²) in [7, 11) is 0. The fraction of sp³-hybridized carbons (Fsp3) is 0.0667. The van der Waals surface area contributed by atoms with Crippen molar-refractivity contribution in [2.45, 2.75) is 13.3 Å². The summed E-state index contributed by atoms with van der Waals surface area (Å²) in [6.45, 7) is 2.15. The van der Waals surface area contributed by atoms with Crippen molar-refractivity contribution >= 4 is 55.1 Å². The van der Waals surface area contributed by atoms with Gasteiger partial charge >= 0.3 is 0 Å². The lowest BCUT2D eigenvalue weighted by Crippen LogP contribution is -2.06. The molecular formula is C30H21BrN2O. The van der Waals surface area contributed by atoms with Crippen LogP contribution in [0.2, 0.25) is 0 Å². The lowest BCUT2D eigenvalue weighted by molar-refractivity contribution is 0.669. The maximum Gasteiger partial charge on any atom is 0.160 e. The third-order valence-corrected chi connectivity index (χ3v) is 6.64. The number of hydrogen-bond acceptors (Lipinski definition) is 3. The summed E-state index contributed by atoms with van der Waals surface area (Å²) in [6.07, 6.45) is 0.731. The molecule has 4 heteroatoms. The van der Waals surface area contributed by atoms with Gasteiger partial charge in [-0.05, 0) is 42.3 Å². The molecule has 1 aliphatic heterocycles. The van der Waals surface area contributed by atoms with Gasteiger partial charge in [-0.15, -0.1) is 0 Å². The molecule has 6 rings (SSSR count). The van der Waals surface area contributed by atoms with E-state index in [-0.39, 0.29) is 0 Å². The molecule has 0 saturated heterocycles. The van der Waals surface area contributed by atoms with E-state index in [0.29, 0.717) is 5.84 Å². The van der Waals surface area contributed by atoms with Crippen LogP contribution in [-0.2, 0) is 0 Å². The molecule has 0 radical (unpaired) electrons. The van der Waals surface area contributed by atoms with Crippen molar-refractivity contribution in [1.82, 2.24) is 0 Å². The Morgan fingerprint density at radius 3 is 2.24 bits per heavy atom. The molecular weight excluding hydrogens is 484 g/mol. The van der Waals surface area contributed by atoms with Crippen molar-refractivity contribution in [2.24, 2.45) is 9.98 Å². The van der Waals surface area contributed by atoms with Gasteiger partial charge in [-0.1, -0.05) is 88.7 Å². The van der Waals surface area contributed by atoms with Crippen LogP contribution in [-0.4, -0.2) is 11.5 Å². The largest absolute Gasteiger partial charge is 0.456 e. The average Bonchev–Trinajstić information content (AvgIpc) is 3.15. The standard InChI is InChI=1S/C30H21BrN2O/c1-19-17-25(20-9-4-2-5-10-20)32-30(33-29(19)21-11-6-3-7-12-21)23-13-8-14-27-28(23)24-18-22(31)15-16-26(24)34-27/h2-16,18H,17H2,1H3. The van der Waals surface area contributed by atoms with Crippen LogP contribution in [0.25, 0.3) is 27.6 Å². The fourth-order valence-electron chi connectivity index (χ4n) is 4.54. The number of furan rings is 1. The minimum Gasteiger partial charge on any atom is -0.456 e. The van der Waals surface area contributed by atoms with Crippen LogP contribution in [0.1, 0.15) is 30.0 Å². The summed E-state index contributed by atoms with van der Waals surface area (Å²) >= 11 is 3.62. The summed E-state index contributed by atoms with van der Waals surface area (Å²) in [5.41, 5.74) is 8.01. The maximum absolute atomic E-state index is 6.18. The second-order valence-corrected chi connectivity index (χ2v) is 9.37. The maximum atomic E-state index is 6.18. The van der Waals surface area contributed by atoms with Gasteiger partial charge in [0.15, 0.2) is 5.84 Å². The lowest BCUT2D eigenvalue weighted by atomic mass is 9.99. The second kappa shape index (κ2) is 8.54. The van der Waals surface area contributed by atoms with Crippen molar-refractivity contribution in [2.75, 3.05) is 0 Å². The number of aliphatic imine (C=N–C) groups is 2. The van der Waals surface area contributed by atoms with Gasteiger partial charge in [0, 0.05) is 32.8 Å². The van der Waals surface area contributed by atoms with Gasteiger partial charge in [-0.3, -0.25) is 0 Å². The van der Waals surface area contributed by atoms with Crippen LogP contribution in [0.3, 0.4) is 0 Å². The van der Waals surface area contributed by atoms with E-state index in [1.807, 2.05) is 36.4 Å². The molecule has 0 bridgehead atoms. The first-order chi connectivity index (χ1) is 16.7. The Kier molecular flexibility index (Phi) is 5.23.